The number of nitrogens with one attached hydrogen (secondary N) is 1. The zero-order chi connectivity index (χ0) is 12.3. The molecule has 1 atom stereocenters. The van der Waals surface area contributed by atoms with Gasteiger partial charge in [-0.05, 0) is 37.1 Å². The van der Waals surface area contributed by atoms with Crippen LogP contribution >= 0.6 is 0 Å². The van der Waals surface area contributed by atoms with E-state index in [0.29, 0.717) is 6.04 Å². The fraction of sp³-hybridized carbons (Fsp3) is 0.467. The molecule has 2 heteroatoms. The molecule has 1 aliphatic rings. The smallest absolute Gasteiger partial charge is 0.0402 e. The molecule has 92 valence electrons. The second kappa shape index (κ2) is 5.37. The highest BCUT2D eigenvalue weighted by molar-refractivity contribution is 5.59. The van der Waals surface area contributed by atoms with Gasteiger partial charge >= 0.3 is 0 Å². The number of nitrogens with zero attached hydrogens (tertiary/aromatic N) is 1. The Kier molecular flexibility index (Phi) is 3.85. The number of hydrogen-bond acceptors (Lipinski definition) is 2. The summed E-state index contributed by atoms with van der Waals surface area (Å²) in [5, 5.41) is 3.46. The Morgan fingerprint density at radius 2 is 2.35 bits per heavy atom. The van der Waals surface area contributed by atoms with Crippen LogP contribution in [-0.4, -0.2) is 19.6 Å². The molecular weight excluding hydrogens is 208 g/mol. The zero-order valence-corrected chi connectivity index (χ0v) is 10.9. The van der Waals surface area contributed by atoms with Crippen LogP contribution in [0.25, 0.3) is 0 Å². The molecular formula is C15H22N2. The van der Waals surface area contributed by atoms with Crippen molar-refractivity contribution in [2.75, 3.05) is 24.5 Å². The largest absolute Gasteiger partial charge is 0.367 e. The molecule has 1 aromatic rings. The third kappa shape index (κ3) is 2.52. The van der Waals surface area contributed by atoms with Gasteiger partial charge in [0.25, 0.3) is 0 Å². The first-order valence-electron chi connectivity index (χ1n) is 6.48. The summed E-state index contributed by atoms with van der Waals surface area (Å²) in [6.07, 6.45) is 3.14. The van der Waals surface area contributed by atoms with Gasteiger partial charge in [-0.25, -0.2) is 0 Å². The van der Waals surface area contributed by atoms with Gasteiger partial charge < -0.3 is 10.2 Å². The highest BCUT2D eigenvalue weighted by atomic mass is 15.1. The van der Waals surface area contributed by atoms with Gasteiger partial charge in [-0.3, -0.25) is 0 Å². The summed E-state index contributed by atoms with van der Waals surface area (Å²) < 4.78 is 0. The fourth-order valence-corrected chi connectivity index (χ4v) is 2.53. The summed E-state index contributed by atoms with van der Waals surface area (Å²) in [5.74, 6) is 0. The van der Waals surface area contributed by atoms with Crippen molar-refractivity contribution in [1.29, 1.82) is 0 Å². The average Bonchev–Trinajstić information content (AvgIpc) is 2.73. The number of fused-ring (bicyclic) bond motifs is 1. The van der Waals surface area contributed by atoms with E-state index in [1.165, 1.54) is 16.8 Å². The summed E-state index contributed by atoms with van der Waals surface area (Å²) in [6.45, 7) is 11.3. The van der Waals surface area contributed by atoms with Crippen LogP contribution < -0.4 is 10.2 Å². The summed E-state index contributed by atoms with van der Waals surface area (Å²) in [7, 11) is 0. The number of hydrogen-bond donors (Lipinski definition) is 1. The minimum atomic E-state index is 0.443. The second-order valence-corrected chi connectivity index (χ2v) is 4.65. The highest BCUT2D eigenvalue weighted by Gasteiger charge is 2.18. The maximum atomic E-state index is 3.82. The van der Waals surface area contributed by atoms with Crippen LogP contribution in [0.2, 0.25) is 0 Å². The molecule has 0 saturated carbocycles. The van der Waals surface area contributed by atoms with Crippen LogP contribution in [0, 0.1) is 0 Å². The maximum absolute atomic E-state index is 3.82. The van der Waals surface area contributed by atoms with E-state index >= 15 is 0 Å². The first kappa shape index (κ1) is 12.2. The van der Waals surface area contributed by atoms with Crippen molar-refractivity contribution >= 4 is 5.69 Å². The molecule has 0 spiro atoms. The Balaban J connectivity index is 2.19. The molecule has 1 unspecified atom stereocenters. The van der Waals surface area contributed by atoms with E-state index in [9.17, 15) is 0 Å². The Bertz CT molecular complexity index is 398. The lowest BCUT2D eigenvalue weighted by atomic mass is 10.0. The summed E-state index contributed by atoms with van der Waals surface area (Å²) in [4.78, 5) is 2.39. The average molecular weight is 230 g/mol. The third-order valence-corrected chi connectivity index (χ3v) is 3.46. The Morgan fingerprint density at radius 1 is 1.53 bits per heavy atom. The van der Waals surface area contributed by atoms with E-state index in [1.54, 1.807) is 0 Å². The lowest BCUT2D eigenvalue weighted by Gasteiger charge is -2.18. The van der Waals surface area contributed by atoms with E-state index in [0.717, 1.165) is 26.1 Å². The SMILES string of the molecule is C=CCN1CCc2cc(C(C)NCC)ccc21. The van der Waals surface area contributed by atoms with E-state index in [4.69, 9.17) is 0 Å². The molecule has 0 aromatic heterocycles. The van der Waals surface area contributed by atoms with E-state index in [2.05, 4.69) is 48.8 Å². The van der Waals surface area contributed by atoms with Gasteiger partial charge in [0.15, 0.2) is 0 Å². The minimum absolute atomic E-state index is 0.443. The first-order valence-corrected chi connectivity index (χ1v) is 6.48. The standard InChI is InChI=1S/C15H22N2/c1-4-9-17-10-8-14-11-13(6-7-15(14)17)12(3)16-5-2/h4,6-7,11-12,16H,1,5,8-10H2,2-3H3. The van der Waals surface area contributed by atoms with Crippen molar-refractivity contribution in [1.82, 2.24) is 5.32 Å². The molecule has 1 N–H and O–H groups in total. The van der Waals surface area contributed by atoms with Crippen LogP contribution in [0.4, 0.5) is 5.69 Å². The van der Waals surface area contributed by atoms with Crippen LogP contribution in [0.1, 0.15) is 31.0 Å². The van der Waals surface area contributed by atoms with Crippen LogP contribution in [0.5, 0.6) is 0 Å². The molecule has 1 aliphatic heterocycles. The molecule has 0 amide bonds. The molecule has 1 heterocycles. The Hall–Kier alpha value is -1.28. The van der Waals surface area contributed by atoms with Crippen molar-refractivity contribution in [2.24, 2.45) is 0 Å². The second-order valence-electron chi connectivity index (χ2n) is 4.65. The maximum Gasteiger partial charge on any atom is 0.0402 e. The van der Waals surface area contributed by atoms with Crippen molar-refractivity contribution in [3.8, 4) is 0 Å². The number of anilines is 1. The molecule has 1 aromatic carbocycles. The van der Waals surface area contributed by atoms with Crippen molar-refractivity contribution in [3.63, 3.8) is 0 Å². The van der Waals surface area contributed by atoms with Crippen molar-refractivity contribution < 1.29 is 0 Å². The van der Waals surface area contributed by atoms with E-state index in [-0.39, 0.29) is 0 Å². The monoisotopic (exact) mass is 230 g/mol. The van der Waals surface area contributed by atoms with Crippen LogP contribution in [0.3, 0.4) is 0 Å². The first-order chi connectivity index (χ1) is 8.26. The van der Waals surface area contributed by atoms with Gasteiger partial charge in [-0.2, -0.15) is 0 Å². The molecule has 2 nitrogen and oxygen atoms in total. The molecule has 2 rings (SSSR count). The minimum Gasteiger partial charge on any atom is -0.367 e. The topological polar surface area (TPSA) is 15.3 Å². The van der Waals surface area contributed by atoms with Gasteiger partial charge in [0.05, 0.1) is 0 Å². The predicted molar refractivity (Wildman–Crippen MR) is 74.6 cm³/mol. The van der Waals surface area contributed by atoms with Gasteiger partial charge in [0.2, 0.25) is 0 Å². The molecule has 0 bridgehead atoms. The number of rotatable bonds is 5. The molecule has 17 heavy (non-hydrogen) atoms. The summed E-state index contributed by atoms with van der Waals surface area (Å²) in [5.41, 5.74) is 4.26. The number of benzene rings is 1. The predicted octanol–water partition coefficient (Wildman–Crippen LogP) is 2.91. The molecule has 0 radical (unpaired) electrons. The molecule has 0 aliphatic carbocycles. The van der Waals surface area contributed by atoms with E-state index < -0.39 is 0 Å². The van der Waals surface area contributed by atoms with Crippen LogP contribution in [-0.2, 0) is 6.42 Å². The molecule has 0 fully saturated rings. The normalized spacial score (nSPS) is 15.8. The lowest BCUT2D eigenvalue weighted by Crippen LogP contribution is -2.20. The lowest BCUT2D eigenvalue weighted by molar-refractivity contribution is 0.598. The zero-order valence-electron chi connectivity index (χ0n) is 10.9. The third-order valence-electron chi connectivity index (χ3n) is 3.46. The quantitative estimate of drug-likeness (QED) is 0.782. The summed E-state index contributed by atoms with van der Waals surface area (Å²) >= 11 is 0. The van der Waals surface area contributed by atoms with Crippen molar-refractivity contribution in [2.45, 2.75) is 26.3 Å². The van der Waals surface area contributed by atoms with Gasteiger partial charge in [0, 0.05) is 24.8 Å². The van der Waals surface area contributed by atoms with Gasteiger partial charge in [-0.15, -0.1) is 6.58 Å². The Labute approximate surface area is 104 Å². The molecule has 0 saturated heterocycles. The van der Waals surface area contributed by atoms with Gasteiger partial charge in [-0.1, -0.05) is 25.1 Å². The van der Waals surface area contributed by atoms with E-state index in [1.807, 2.05) is 6.08 Å². The summed E-state index contributed by atoms with van der Waals surface area (Å²) in [6, 6.07) is 7.30. The van der Waals surface area contributed by atoms with Crippen molar-refractivity contribution in [3.05, 3.63) is 42.0 Å². The highest BCUT2D eigenvalue weighted by Crippen LogP contribution is 2.30. The van der Waals surface area contributed by atoms with Gasteiger partial charge in [0.1, 0.15) is 0 Å². The Morgan fingerprint density at radius 3 is 3.06 bits per heavy atom. The fourth-order valence-electron chi connectivity index (χ4n) is 2.53. The van der Waals surface area contributed by atoms with Crippen LogP contribution in [0.15, 0.2) is 30.9 Å².